The van der Waals surface area contributed by atoms with Crippen molar-refractivity contribution in [3.8, 4) is 0 Å². The van der Waals surface area contributed by atoms with E-state index in [9.17, 15) is 0 Å². The van der Waals surface area contributed by atoms with E-state index in [1.807, 2.05) is 0 Å². The summed E-state index contributed by atoms with van der Waals surface area (Å²) in [6.45, 7) is 6.74. The van der Waals surface area contributed by atoms with Gasteiger partial charge in [0.15, 0.2) is 0 Å². The number of hydrogen-bond donors (Lipinski definition) is 0. The summed E-state index contributed by atoms with van der Waals surface area (Å²) < 4.78 is 0. The molecule has 14 heavy (non-hydrogen) atoms. The molecule has 0 saturated carbocycles. The third kappa shape index (κ3) is 5.46. The Bertz CT molecular complexity index is 128. The molecule has 0 N–H and O–H groups in total. The summed E-state index contributed by atoms with van der Waals surface area (Å²) in [5.74, 6) is 2.21. The average Bonchev–Trinajstić information content (AvgIpc) is 2.16. The van der Waals surface area contributed by atoms with Gasteiger partial charge in [0.1, 0.15) is 0 Å². The summed E-state index contributed by atoms with van der Waals surface area (Å²) in [6, 6.07) is 0. The highest BCUT2D eigenvalue weighted by atomic mass is 35.5. The van der Waals surface area contributed by atoms with Gasteiger partial charge in [-0.1, -0.05) is 40.0 Å². The third-order valence-corrected chi connectivity index (χ3v) is 3.97. The van der Waals surface area contributed by atoms with E-state index < -0.39 is 0 Å². The summed E-state index contributed by atoms with van der Waals surface area (Å²) in [5.41, 5.74) is 0.201. The standard InChI is InChI=1S/C12H24Cl2/c1-4-7-12(9-13,10-14)8-5-6-11(2)3/h11H,4-10H2,1-3H3. The molecule has 0 aliphatic carbocycles. The molecule has 0 heterocycles. The van der Waals surface area contributed by atoms with Crippen molar-refractivity contribution in [2.75, 3.05) is 11.8 Å². The lowest BCUT2D eigenvalue weighted by Crippen LogP contribution is -2.25. The Kier molecular flexibility index (Phi) is 8.14. The summed E-state index contributed by atoms with van der Waals surface area (Å²) in [6.07, 6.45) is 6.08. The molecular weight excluding hydrogens is 215 g/mol. The number of alkyl halides is 2. The Morgan fingerprint density at radius 2 is 1.64 bits per heavy atom. The van der Waals surface area contributed by atoms with Gasteiger partial charge in [-0.05, 0) is 24.2 Å². The highest BCUT2D eigenvalue weighted by Crippen LogP contribution is 2.33. The fourth-order valence-electron chi connectivity index (χ4n) is 1.84. The Hall–Kier alpha value is 0.580. The van der Waals surface area contributed by atoms with Crippen molar-refractivity contribution in [3.63, 3.8) is 0 Å². The number of halogens is 2. The van der Waals surface area contributed by atoms with Gasteiger partial charge in [-0.3, -0.25) is 0 Å². The summed E-state index contributed by atoms with van der Waals surface area (Å²) >= 11 is 12.1. The smallest absolute Gasteiger partial charge is 0.0291 e. The molecule has 0 aromatic heterocycles. The third-order valence-electron chi connectivity index (χ3n) is 2.84. The Morgan fingerprint density at radius 1 is 1.07 bits per heavy atom. The van der Waals surface area contributed by atoms with Crippen LogP contribution in [0.3, 0.4) is 0 Å². The normalized spacial score (nSPS) is 12.4. The second-order valence-corrected chi connectivity index (χ2v) is 5.34. The van der Waals surface area contributed by atoms with Crippen molar-refractivity contribution >= 4 is 23.2 Å². The predicted octanol–water partition coefficient (Wildman–Crippen LogP) is 5.08. The van der Waals surface area contributed by atoms with Crippen molar-refractivity contribution in [1.29, 1.82) is 0 Å². The summed E-state index contributed by atoms with van der Waals surface area (Å²) in [7, 11) is 0. The molecule has 0 bridgehead atoms. The van der Waals surface area contributed by atoms with Gasteiger partial charge in [0, 0.05) is 11.8 Å². The minimum absolute atomic E-state index is 0.201. The maximum Gasteiger partial charge on any atom is 0.0291 e. The van der Waals surface area contributed by atoms with Crippen LogP contribution in [0.2, 0.25) is 0 Å². The molecule has 0 radical (unpaired) electrons. The van der Waals surface area contributed by atoms with Crippen LogP contribution in [0.5, 0.6) is 0 Å². The molecule has 0 aromatic rings. The highest BCUT2D eigenvalue weighted by Gasteiger charge is 2.26. The molecule has 0 amide bonds. The monoisotopic (exact) mass is 238 g/mol. The van der Waals surface area contributed by atoms with Crippen LogP contribution in [0, 0.1) is 11.3 Å². The van der Waals surface area contributed by atoms with Crippen LogP contribution in [0.4, 0.5) is 0 Å². The van der Waals surface area contributed by atoms with Crippen molar-refractivity contribution in [2.45, 2.75) is 52.9 Å². The van der Waals surface area contributed by atoms with Crippen LogP contribution in [0.25, 0.3) is 0 Å². The van der Waals surface area contributed by atoms with E-state index in [2.05, 4.69) is 20.8 Å². The van der Waals surface area contributed by atoms with E-state index in [1.54, 1.807) is 0 Å². The highest BCUT2D eigenvalue weighted by molar-refractivity contribution is 6.21. The first-order valence-corrected chi connectivity index (χ1v) is 6.79. The van der Waals surface area contributed by atoms with E-state index in [1.165, 1.54) is 25.7 Å². The first kappa shape index (κ1) is 14.6. The van der Waals surface area contributed by atoms with Gasteiger partial charge in [-0.15, -0.1) is 23.2 Å². The average molecular weight is 239 g/mol. The van der Waals surface area contributed by atoms with Gasteiger partial charge in [0.25, 0.3) is 0 Å². The molecule has 0 fully saturated rings. The molecule has 0 nitrogen and oxygen atoms in total. The van der Waals surface area contributed by atoms with Gasteiger partial charge >= 0.3 is 0 Å². The SMILES string of the molecule is CCCC(CCl)(CCl)CCCC(C)C. The van der Waals surface area contributed by atoms with Crippen LogP contribution in [0.15, 0.2) is 0 Å². The largest absolute Gasteiger partial charge is 0.126 e. The topological polar surface area (TPSA) is 0 Å². The summed E-state index contributed by atoms with van der Waals surface area (Å²) in [4.78, 5) is 0. The van der Waals surface area contributed by atoms with Crippen molar-refractivity contribution < 1.29 is 0 Å². The van der Waals surface area contributed by atoms with Crippen LogP contribution in [-0.4, -0.2) is 11.8 Å². The maximum atomic E-state index is 6.03. The minimum atomic E-state index is 0.201. The number of rotatable bonds is 8. The first-order valence-electron chi connectivity index (χ1n) is 5.72. The quantitative estimate of drug-likeness (QED) is 0.518. The van der Waals surface area contributed by atoms with Gasteiger partial charge in [-0.2, -0.15) is 0 Å². The van der Waals surface area contributed by atoms with Crippen LogP contribution in [0.1, 0.15) is 52.9 Å². The molecule has 0 aromatic carbocycles. The number of hydrogen-bond acceptors (Lipinski definition) is 0. The molecule has 0 unspecified atom stereocenters. The predicted molar refractivity (Wildman–Crippen MR) is 67.5 cm³/mol. The van der Waals surface area contributed by atoms with Gasteiger partial charge < -0.3 is 0 Å². The Labute approximate surface area is 99.4 Å². The van der Waals surface area contributed by atoms with Crippen molar-refractivity contribution in [3.05, 3.63) is 0 Å². The van der Waals surface area contributed by atoms with Crippen LogP contribution >= 0.6 is 23.2 Å². The zero-order valence-electron chi connectivity index (χ0n) is 9.78. The van der Waals surface area contributed by atoms with E-state index in [0.717, 1.165) is 12.3 Å². The van der Waals surface area contributed by atoms with Crippen LogP contribution < -0.4 is 0 Å². The molecule has 0 saturated heterocycles. The molecule has 86 valence electrons. The Balaban J connectivity index is 3.94. The lowest BCUT2D eigenvalue weighted by Gasteiger charge is -2.29. The molecular formula is C12H24Cl2. The van der Waals surface area contributed by atoms with Gasteiger partial charge in [-0.25, -0.2) is 0 Å². The zero-order chi connectivity index (χ0) is 11.0. The maximum absolute atomic E-state index is 6.03. The first-order chi connectivity index (χ1) is 6.60. The lowest BCUT2D eigenvalue weighted by atomic mass is 9.82. The lowest BCUT2D eigenvalue weighted by molar-refractivity contribution is 0.296. The fraction of sp³-hybridized carbons (Fsp3) is 1.00. The molecule has 0 aliphatic heterocycles. The molecule has 0 rings (SSSR count). The van der Waals surface area contributed by atoms with E-state index in [4.69, 9.17) is 23.2 Å². The van der Waals surface area contributed by atoms with Gasteiger partial charge in [0.2, 0.25) is 0 Å². The zero-order valence-corrected chi connectivity index (χ0v) is 11.3. The van der Waals surface area contributed by atoms with E-state index in [0.29, 0.717) is 11.8 Å². The van der Waals surface area contributed by atoms with Crippen LogP contribution in [-0.2, 0) is 0 Å². The van der Waals surface area contributed by atoms with E-state index in [-0.39, 0.29) is 5.41 Å². The fourth-order valence-corrected chi connectivity index (χ4v) is 2.66. The molecule has 0 atom stereocenters. The van der Waals surface area contributed by atoms with Gasteiger partial charge in [0.05, 0.1) is 0 Å². The summed E-state index contributed by atoms with van der Waals surface area (Å²) in [5, 5.41) is 0. The van der Waals surface area contributed by atoms with Crippen molar-refractivity contribution in [1.82, 2.24) is 0 Å². The molecule has 0 spiro atoms. The second-order valence-electron chi connectivity index (χ2n) is 4.80. The second kappa shape index (κ2) is 7.82. The molecule has 2 heteroatoms. The van der Waals surface area contributed by atoms with E-state index >= 15 is 0 Å². The van der Waals surface area contributed by atoms with Crippen molar-refractivity contribution in [2.24, 2.45) is 11.3 Å². The minimum Gasteiger partial charge on any atom is -0.126 e. The molecule has 0 aliphatic rings. The Morgan fingerprint density at radius 3 is 2.00 bits per heavy atom.